The lowest BCUT2D eigenvalue weighted by molar-refractivity contribution is 0.0791. The Kier molecular flexibility index (Phi) is 8.84. The van der Waals surface area contributed by atoms with Crippen LogP contribution in [0.3, 0.4) is 0 Å². The molecule has 0 amide bonds. The third-order valence-corrected chi connectivity index (χ3v) is 6.03. The van der Waals surface area contributed by atoms with Crippen molar-refractivity contribution in [2.24, 2.45) is 23.7 Å². The molecule has 0 N–H and O–H groups in total. The van der Waals surface area contributed by atoms with E-state index in [-0.39, 0.29) is 0 Å². The topological polar surface area (TPSA) is 18.5 Å². The van der Waals surface area contributed by atoms with Crippen molar-refractivity contribution in [3.05, 3.63) is 0 Å². The summed E-state index contributed by atoms with van der Waals surface area (Å²) >= 11 is 0. The summed E-state index contributed by atoms with van der Waals surface area (Å²) in [5.74, 6) is 3.73. The minimum Gasteiger partial charge on any atom is -0.381 e. The summed E-state index contributed by atoms with van der Waals surface area (Å²) in [7, 11) is 0. The highest BCUT2D eigenvalue weighted by atomic mass is 16.5. The highest BCUT2D eigenvalue weighted by molar-refractivity contribution is 4.76. The molecular weight excluding hydrogens is 272 g/mol. The first-order valence-electron chi connectivity index (χ1n) is 9.97. The van der Waals surface area contributed by atoms with Crippen molar-refractivity contribution in [2.45, 2.75) is 78.1 Å². The molecule has 0 radical (unpaired) electrons. The molecule has 0 spiro atoms. The van der Waals surface area contributed by atoms with Gasteiger partial charge in [0.2, 0.25) is 0 Å². The van der Waals surface area contributed by atoms with Crippen molar-refractivity contribution in [1.82, 2.24) is 0 Å². The summed E-state index contributed by atoms with van der Waals surface area (Å²) in [5, 5.41) is 0. The van der Waals surface area contributed by atoms with Crippen LogP contribution < -0.4 is 0 Å². The van der Waals surface area contributed by atoms with E-state index in [4.69, 9.17) is 9.47 Å². The molecule has 2 aliphatic carbocycles. The van der Waals surface area contributed by atoms with Crippen LogP contribution in [0.25, 0.3) is 0 Å². The van der Waals surface area contributed by atoms with Crippen molar-refractivity contribution in [2.75, 3.05) is 26.4 Å². The second-order valence-electron chi connectivity index (χ2n) is 7.67. The molecule has 0 saturated heterocycles. The maximum absolute atomic E-state index is 5.59. The average Bonchev–Trinajstić information content (AvgIpc) is 2.58. The van der Waals surface area contributed by atoms with E-state index in [2.05, 4.69) is 13.8 Å². The average molecular weight is 311 g/mol. The van der Waals surface area contributed by atoms with Gasteiger partial charge < -0.3 is 9.47 Å². The van der Waals surface area contributed by atoms with E-state index in [0.717, 1.165) is 50.1 Å². The maximum Gasteiger partial charge on any atom is 0.0494 e. The van der Waals surface area contributed by atoms with Gasteiger partial charge in [-0.1, -0.05) is 38.5 Å². The lowest BCUT2D eigenvalue weighted by Crippen LogP contribution is -2.21. The standard InChI is InChI=1S/C20H38O2/c1-3-21-15-19-11-7-17(8-12-19)5-6-18-9-13-20(14-10-18)16-22-4-2/h17-20H,3-16H2,1-2H3. The highest BCUT2D eigenvalue weighted by Gasteiger charge is 2.24. The van der Waals surface area contributed by atoms with Crippen LogP contribution in [0, 0.1) is 23.7 Å². The van der Waals surface area contributed by atoms with Crippen molar-refractivity contribution >= 4 is 0 Å². The molecular formula is C20H38O2. The van der Waals surface area contributed by atoms with Gasteiger partial charge in [0.25, 0.3) is 0 Å². The van der Waals surface area contributed by atoms with Crippen LogP contribution in [0.1, 0.15) is 78.1 Å². The first-order chi connectivity index (χ1) is 10.8. The van der Waals surface area contributed by atoms with Gasteiger partial charge in [0.05, 0.1) is 0 Å². The second-order valence-corrected chi connectivity index (χ2v) is 7.67. The minimum atomic E-state index is 0.852. The molecule has 2 fully saturated rings. The Bertz CT molecular complexity index is 235. The summed E-state index contributed by atoms with van der Waals surface area (Å²) in [6, 6.07) is 0. The van der Waals surface area contributed by atoms with Crippen LogP contribution in [-0.2, 0) is 9.47 Å². The third-order valence-electron chi connectivity index (χ3n) is 6.03. The van der Waals surface area contributed by atoms with E-state index in [9.17, 15) is 0 Å². The quantitative estimate of drug-likeness (QED) is 0.563. The van der Waals surface area contributed by atoms with Gasteiger partial charge in [0.15, 0.2) is 0 Å². The van der Waals surface area contributed by atoms with Crippen molar-refractivity contribution < 1.29 is 9.47 Å². The fourth-order valence-electron chi connectivity index (χ4n) is 4.41. The van der Waals surface area contributed by atoms with E-state index >= 15 is 0 Å². The zero-order valence-electron chi connectivity index (χ0n) is 15.0. The fourth-order valence-corrected chi connectivity index (χ4v) is 4.41. The van der Waals surface area contributed by atoms with Crippen LogP contribution in [-0.4, -0.2) is 26.4 Å². The van der Waals surface area contributed by atoms with E-state index in [1.807, 2.05) is 0 Å². The van der Waals surface area contributed by atoms with Crippen molar-refractivity contribution in [3.8, 4) is 0 Å². The predicted molar refractivity (Wildman–Crippen MR) is 93.1 cm³/mol. The molecule has 2 nitrogen and oxygen atoms in total. The predicted octanol–water partition coefficient (Wildman–Crippen LogP) is 5.45. The molecule has 0 aromatic rings. The Balaban J connectivity index is 1.52. The monoisotopic (exact) mass is 310 g/mol. The minimum absolute atomic E-state index is 0.852. The molecule has 0 unspecified atom stereocenters. The molecule has 2 heteroatoms. The highest BCUT2D eigenvalue weighted by Crippen LogP contribution is 2.36. The molecule has 0 aromatic heterocycles. The summed E-state index contributed by atoms with van der Waals surface area (Å²) in [5.41, 5.74) is 0. The lowest BCUT2D eigenvalue weighted by Gasteiger charge is -2.31. The molecule has 0 aliphatic heterocycles. The van der Waals surface area contributed by atoms with Crippen molar-refractivity contribution in [1.29, 1.82) is 0 Å². The van der Waals surface area contributed by atoms with Gasteiger partial charge in [0.1, 0.15) is 0 Å². The zero-order chi connectivity index (χ0) is 15.6. The van der Waals surface area contributed by atoms with Crippen LogP contribution in [0.5, 0.6) is 0 Å². The zero-order valence-corrected chi connectivity index (χ0v) is 15.0. The number of hydrogen-bond donors (Lipinski definition) is 0. The Labute approximate surface area is 138 Å². The number of hydrogen-bond acceptors (Lipinski definition) is 2. The van der Waals surface area contributed by atoms with Gasteiger partial charge in [-0.15, -0.1) is 0 Å². The molecule has 2 rings (SSSR count). The van der Waals surface area contributed by atoms with Gasteiger partial charge in [-0.3, -0.25) is 0 Å². The second kappa shape index (κ2) is 10.6. The molecule has 0 bridgehead atoms. The van der Waals surface area contributed by atoms with Gasteiger partial charge in [-0.25, -0.2) is 0 Å². The number of ether oxygens (including phenoxy) is 2. The summed E-state index contributed by atoms with van der Waals surface area (Å²) in [6.07, 6.45) is 14.4. The Hall–Kier alpha value is -0.0800. The fraction of sp³-hybridized carbons (Fsp3) is 1.00. The van der Waals surface area contributed by atoms with Crippen LogP contribution in [0.15, 0.2) is 0 Å². The lowest BCUT2D eigenvalue weighted by atomic mass is 9.76. The molecule has 0 aromatic carbocycles. The molecule has 2 saturated carbocycles. The molecule has 0 heterocycles. The van der Waals surface area contributed by atoms with Crippen molar-refractivity contribution in [3.63, 3.8) is 0 Å². The summed E-state index contributed by atoms with van der Waals surface area (Å²) in [6.45, 7) is 7.99. The normalized spacial score (nSPS) is 33.0. The molecule has 130 valence electrons. The van der Waals surface area contributed by atoms with Crippen LogP contribution >= 0.6 is 0 Å². The summed E-state index contributed by atoms with van der Waals surface area (Å²) < 4.78 is 11.2. The van der Waals surface area contributed by atoms with E-state index in [1.165, 1.54) is 64.2 Å². The third kappa shape index (κ3) is 6.58. The first-order valence-corrected chi connectivity index (χ1v) is 9.97. The molecule has 22 heavy (non-hydrogen) atoms. The molecule has 0 atom stereocenters. The summed E-state index contributed by atoms with van der Waals surface area (Å²) in [4.78, 5) is 0. The Morgan fingerprint density at radius 1 is 0.545 bits per heavy atom. The smallest absolute Gasteiger partial charge is 0.0494 e. The van der Waals surface area contributed by atoms with Crippen LogP contribution in [0.2, 0.25) is 0 Å². The maximum atomic E-state index is 5.59. The van der Waals surface area contributed by atoms with E-state index in [1.54, 1.807) is 0 Å². The SMILES string of the molecule is CCOCC1CCC(CCC2CCC(COCC)CC2)CC1. The van der Waals surface area contributed by atoms with E-state index < -0.39 is 0 Å². The van der Waals surface area contributed by atoms with Crippen LogP contribution in [0.4, 0.5) is 0 Å². The van der Waals surface area contributed by atoms with Gasteiger partial charge >= 0.3 is 0 Å². The van der Waals surface area contributed by atoms with Gasteiger partial charge in [-0.2, -0.15) is 0 Å². The van der Waals surface area contributed by atoms with Gasteiger partial charge in [0, 0.05) is 26.4 Å². The molecule has 2 aliphatic rings. The number of rotatable bonds is 9. The Morgan fingerprint density at radius 2 is 0.864 bits per heavy atom. The first kappa shape index (κ1) is 18.3. The largest absolute Gasteiger partial charge is 0.381 e. The Morgan fingerprint density at radius 3 is 1.18 bits per heavy atom. The van der Waals surface area contributed by atoms with Gasteiger partial charge in [-0.05, 0) is 63.2 Å². The van der Waals surface area contributed by atoms with E-state index in [0.29, 0.717) is 0 Å².